The summed E-state index contributed by atoms with van der Waals surface area (Å²) in [6.45, 7) is 0.400. The molecule has 0 aliphatic rings. The van der Waals surface area contributed by atoms with Crippen LogP contribution in [0.25, 0.3) is 0 Å². The quantitative estimate of drug-likeness (QED) is 0.853. The highest BCUT2D eigenvalue weighted by Crippen LogP contribution is 2.19. The monoisotopic (exact) mass is 309 g/mol. The van der Waals surface area contributed by atoms with Gasteiger partial charge in [-0.15, -0.1) is 0 Å². The summed E-state index contributed by atoms with van der Waals surface area (Å²) < 4.78 is 33.7. The van der Waals surface area contributed by atoms with Crippen molar-refractivity contribution in [3.05, 3.63) is 34.3 Å². The van der Waals surface area contributed by atoms with E-state index >= 15 is 0 Å². The van der Waals surface area contributed by atoms with Crippen molar-refractivity contribution in [1.82, 2.24) is 0 Å². The smallest absolute Gasteiger partial charge is 0.148 e. The molecule has 0 fully saturated rings. The van der Waals surface area contributed by atoms with Gasteiger partial charge < -0.3 is 5.73 Å². The molecule has 0 radical (unpaired) electrons. The predicted octanol–water partition coefficient (Wildman–Crippen LogP) is 1.09. The summed E-state index contributed by atoms with van der Waals surface area (Å²) in [5.74, 6) is 0.325. The zero-order valence-corrected chi connectivity index (χ0v) is 12.4. The summed E-state index contributed by atoms with van der Waals surface area (Å²) in [5.41, 5.74) is 7.14. The molecule has 1 unspecified atom stereocenters. The molecule has 0 saturated heterocycles. The van der Waals surface area contributed by atoms with Crippen LogP contribution in [0.2, 0.25) is 5.02 Å². The molecule has 1 aromatic carbocycles. The van der Waals surface area contributed by atoms with Gasteiger partial charge in [0.2, 0.25) is 0 Å². The fourth-order valence-electron chi connectivity index (χ4n) is 1.32. The molecule has 0 spiro atoms. The molecule has 1 aromatic rings. The van der Waals surface area contributed by atoms with Gasteiger partial charge in [0.05, 0.1) is 11.5 Å². The summed E-state index contributed by atoms with van der Waals surface area (Å²) in [6, 6.07) is 5.35. The molecule has 1 atom stereocenters. The minimum atomic E-state index is -3.07. The van der Waals surface area contributed by atoms with E-state index in [-0.39, 0.29) is 17.3 Å². The summed E-state index contributed by atoms with van der Waals surface area (Å²) in [5, 5.41) is 0.519. The number of hydrogen-bond acceptors (Lipinski definition) is 4. The summed E-state index contributed by atoms with van der Waals surface area (Å²) in [7, 11) is -4.31. The van der Waals surface area contributed by atoms with Crippen LogP contribution in [0.5, 0.6) is 0 Å². The maximum Gasteiger partial charge on any atom is 0.148 e. The first kappa shape index (κ1) is 15.6. The molecular formula is C11H16ClNO3S2. The van der Waals surface area contributed by atoms with Crippen LogP contribution in [0.3, 0.4) is 0 Å². The maximum atomic E-state index is 11.7. The number of hydrogen-bond donors (Lipinski definition) is 1. The molecule has 0 saturated carbocycles. The van der Waals surface area contributed by atoms with Crippen LogP contribution in [-0.4, -0.2) is 30.4 Å². The van der Waals surface area contributed by atoms with Gasteiger partial charge in [-0.05, 0) is 17.2 Å². The minimum Gasteiger partial charge on any atom is -0.326 e. The van der Waals surface area contributed by atoms with Crippen molar-refractivity contribution >= 4 is 32.2 Å². The first-order valence-electron chi connectivity index (χ1n) is 5.32. The lowest BCUT2D eigenvalue weighted by Crippen LogP contribution is -2.13. The Labute approximate surface area is 115 Å². The van der Waals surface area contributed by atoms with Gasteiger partial charge in [0, 0.05) is 34.4 Å². The fraction of sp³-hybridized carbons (Fsp3) is 0.455. The Kier molecular flexibility index (Phi) is 5.78. The van der Waals surface area contributed by atoms with Gasteiger partial charge in [-0.25, -0.2) is 8.42 Å². The zero-order valence-electron chi connectivity index (χ0n) is 10.1. The Morgan fingerprint density at radius 1 is 1.39 bits per heavy atom. The summed E-state index contributed by atoms with van der Waals surface area (Å²) in [6.07, 6.45) is 1.13. The molecule has 1 rings (SSSR count). The molecule has 4 nitrogen and oxygen atoms in total. The van der Waals surface area contributed by atoms with E-state index in [2.05, 4.69) is 0 Å². The van der Waals surface area contributed by atoms with Gasteiger partial charge in [-0.1, -0.05) is 23.7 Å². The number of sulfone groups is 1. The lowest BCUT2D eigenvalue weighted by molar-refractivity contribution is 0.602. The van der Waals surface area contributed by atoms with Crippen molar-refractivity contribution < 1.29 is 12.6 Å². The van der Waals surface area contributed by atoms with E-state index in [1.807, 2.05) is 6.07 Å². The molecule has 0 aliphatic heterocycles. The second kappa shape index (κ2) is 6.65. The highest BCUT2D eigenvalue weighted by Gasteiger charge is 2.10. The molecule has 7 heteroatoms. The van der Waals surface area contributed by atoms with Gasteiger partial charge in [0.15, 0.2) is 0 Å². The van der Waals surface area contributed by atoms with Gasteiger partial charge in [0.1, 0.15) is 9.84 Å². The highest BCUT2D eigenvalue weighted by molar-refractivity contribution is 7.92. The predicted molar refractivity (Wildman–Crippen MR) is 75.8 cm³/mol. The third kappa shape index (κ3) is 5.48. The van der Waals surface area contributed by atoms with E-state index in [9.17, 15) is 12.6 Å². The van der Waals surface area contributed by atoms with Gasteiger partial charge in [0.25, 0.3) is 0 Å². The fourth-order valence-corrected chi connectivity index (χ4v) is 4.37. The number of nitrogens with two attached hydrogens (primary N) is 1. The molecule has 2 N–H and O–H groups in total. The van der Waals surface area contributed by atoms with Crippen molar-refractivity contribution in [3.8, 4) is 0 Å². The average Bonchev–Trinajstić information content (AvgIpc) is 2.28. The van der Waals surface area contributed by atoms with Crippen molar-refractivity contribution in [2.24, 2.45) is 5.73 Å². The van der Waals surface area contributed by atoms with Gasteiger partial charge in [-0.3, -0.25) is 4.21 Å². The molecule has 0 heterocycles. The van der Waals surface area contributed by atoms with Crippen molar-refractivity contribution in [2.75, 3.05) is 17.8 Å². The molecular weight excluding hydrogens is 294 g/mol. The van der Waals surface area contributed by atoms with Crippen LogP contribution >= 0.6 is 11.6 Å². The number of benzene rings is 1. The standard InChI is InChI=1S/C11H16ClNO3S2/c1-18(15,16)5-4-17(14)8-10-3-2-9(7-13)6-11(10)12/h2-3,6H,4-5,7-8,13H2,1H3. The second-order valence-corrected chi connectivity index (χ2v) is 8.29. The first-order chi connectivity index (χ1) is 8.31. The molecule has 102 valence electrons. The van der Waals surface area contributed by atoms with Gasteiger partial charge >= 0.3 is 0 Å². The normalized spacial score (nSPS) is 13.5. The highest BCUT2D eigenvalue weighted by atomic mass is 35.5. The lowest BCUT2D eigenvalue weighted by Gasteiger charge is -2.06. The third-order valence-corrected chi connectivity index (χ3v) is 5.20. The van der Waals surface area contributed by atoms with E-state index in [0.717, 1.165) is 17.4 Å². The Hall–Kier alpha value is -0.430. The summed E-state index contributed by atoms with van der Waals surface area (Å²) in [4.78, 5) is 0. The van der Waals surface area contributed by atoms with E-state index in [1.54, 1.807) is 12.1 Å². The van der Waals surface area contributed by atoms with Crippen LogP contribution in [0, 0.1) is 0 Å². The van der Waals surface area contributed by atoms with Crippen molar-refractivity contribution in [1.29, 1.82) is 0 Å². The average molecular weight is 310 g/mol. The van der Waals surface area contributed by atoms with Crippen LogP contribution in [0.4, 0.5) is 0 Å². The third-order valence-electron chi connectivity index (χ3n) is 2.35. The van der Waals surface area contributed by atoms with E-state index in [0.29, 0.717) is 11.6 Å². The Bertz CT molecular complexity index is 543. The number of rotatable bonds is 6. The second-order valence-electron chi connectivity index (χ2n) is 4.05. The maximum absolute atomic E-state index is 11.7. The lowest BCUT2D eigenvalue weighted by atomic mass is 10.1. The van der Waals surface area contributed by atoms with Crippen LogP contribution < -0.4 is 5.73 Å². The molecule has 0 bridgehead atoms. The summed E-state index contributed by atoms with van der Waals surface area (Å²) >= 11 is 6.03. The van der Waals surface area contributed by atoms with E-state index in [4.69, 9.17) is 17.3 Å². The Balaban J connectivity index is 2.65. The van der Waals surface area contributed by atoms with E-state index in [1.165, 1.54) is 0 Å². The van der Waals surface area contributed by atoms with Gasteiger partial charge in [-0.2, -0.15) is 0 Å². The van der Waals surface area contributed by atoms with Crippen LogP contribution in [0.15, 0.2) is 18.2 Å². The minimum absolute atomic E-state index is 0.0713. The Morgan fingerprint density at radius 3 is 2.56 bits per heavy atom. The SMILES string of the molecule is CS(=O)(=O)CCS(=O)Cc1ccc(CN)cc1Cl. The van der Waals surface area contributed by atoms with Crippen LogP contribution in [-0.2, 0) is 32.9 Å². The zero-order chi connectivity index (χ0) is 13.8. The topological polar surface area (TPSA) is 77.2 Å². The van der Waals surface area contributed by atoms with E-state index < -0.39 is 20.6 Å². The van der Waals surface area contributed by atoms with Crippen molar-refractivity contribution in [2.45, 2.75) is 12.3 Å². The molecule has 0 aromatic heterocycles. The molecule has 0 amide bonds. The molecule has 18 heavy (non-hydrogen) atoms. The number of halogens is 1. The first-order valence-corrected chi connectivity index (χ1v) is 9.24. The van der Waals surface area contributed by atoms with Crippen LogP contribution in [0.1, 0.15) is 11.1 Å². The molecule has 0 aliphatic carbocycles. The van der Waals surface area contributed by atoms with Crippen molar-refractivity contribution in [3.63, 3.8) is 0 Å². The Morgan fingerprint density at radius 2 is 2.06 bits per heavy atom. The largest absolute Gasteiger partial charge is 0.326 e.